The lowest BCUT2D eigenvalue weighted by Crippen LogP contribution is -2.37. The minimum Gasteiger partial charge on any atom is -0.497 e. The van der Waals surface area contributed by atoms with E-state index in [2.05, 4.69) is 83.8 Å². The Hall–Kier alpha value is -5.45. The second kappa shape index (κ2) is 12.6. The maximum Gasteiger partial charge on any atom is 0.178 e. The fraction of sp³-hybridized carbons (Fsp3) is 0.311. The van der Waals surface area contributed by atoms with Crippen molar-refractivity contribution < 1.29 is 23.7 Å². The maximum absolute atomic E-state index is 10.0. The number of nitriles is 1. The average molecular weight is 691 g/mol. The van der Waals surface area contributed by atoms with Gasteiger partial charge >= 0.3 is 0 Å². The maximum atomic E-state index is 10.0. The molecular weight excluding hydrogens is 649 g/mol. The van der Waals surface area contributed by atoms with E-state index in [0.717, 1.165) is 90.9 Å². The SMILES string of the molecule is COc1ccc(C2(c3ccc(N4CCOCC4)cc3)C=Cc3c4c(c5cc(OC)c(OC)cc5c3O2)-c2ccc(C#N)cc2C42CCCCC2)cc1. The van der Waals surface area contributed by atoms with Crippen molar-refractivity contribution in [2.75, 3.05) is 52.5 Å². The van der Waals surface area contributed by atoms with Gasteiger partial charge in [-0.15, -0.1) is 0 Å². The van der Waals surface area contributed by atoms with Crippen LogP contribution in [0.25, 0.3) is 28.0 Å². The highest BCUT2D eigenvalue weighted by Gasteiger charge is 2.49. The van der Waals surface area contributed by atoms with Crippen molar-refractivity contribution in [3.8, 4) is 40.2 Å². The molecule has 2 fully saturated rings. The number of methoxy groups -OCH3 is 3. The Bertz CT molecular complexity index is 2260. The van der Waals surface area contributed by atoms with E-state index in [-0.39, 0.29) is 5.41 Å². The molecule has 52 heavy (non-hydrogen) atoms. The number of hydrogen-bond acceptors (Lipinski definition) is 7. The van der Waals surface area contributed by atoms with Crippen LogP contribution in [0.4, 0.5) is 5.69 Å². The first kappa shape index (κ1) is 32.5. The summed E-state index contributed by atoms with van der Waals surface area (Å²) in [6.07, 6.45) is 10.1. The van der Waals surface area contributed by atoms with Crippen LogP contribution in [-0.4, -0.2) is 47.6 Å². The molecule has 4 aliphatic rings. The zero-order valence-corrected chi connectivity index (χ0v) is 30.0. The quantitative estimate of drug-likeness (QED) is 0.176. The zero-order chi connectivity index (χ0) is 35.5. The van der Waals surface area contributed by atoms with E-state index in [1.807, 2.05) is 18.2 Å². The van der Waals surface area contributed by atoms with Gasteiger partial charge in [0.15, 0.2) is 17.1 Å². The van der Waals surface area contributed by atoms with Crippen LogP contribution in [0.3, 0.4) is 0 Å². The van der Waals surface area contributed by atoms with Crippen molar-refractivity contribution >= 4 is 22.5 Å². The van der Waals surface area contributed by atoms with Crippen LogP contribution in [0.1, 0.15) is 65.5 Å². The predicted octanol–water partition coefficient (Wildman–Crippen LogP) is 9.15. The second-order valence-corrected chi connectivity index (χ2v) is 14.3. The molecule has 1 unspecified atom stereocenters. The molecule has 2 heterocycles. The van der Waals surface area contributed by atoms with E-state index in [1.165, 1.54) is 34.4 Å². The van der Waals surface area contributed by atoms with Crippen molar-refractivity contribution in [2.24, 2.45) is 0 Å². The van der Waals surface area contributed by atoms with Gasteiger partial charge in [0.1, 0.15) is 11.5 Å². The van der Waals surface area contributed by atoms with Crippen LogP contribution < -0.4 is 23.8 Å². The Morgan fingerprint density at radius 3 is 2.08 bits per heavy atom. The zero-order valence-electron chi connectivity index (χ0n) is 30.0. The summed E-state index contributed by atoms with van der Waals surface area (Å²) in [5.41, 5.74) is 8.78. The topological polar surface area (TPSA) is 73.2 Å². The van der Waals surface area contributed by atoms with Crippen molar-refractivity contribution in [3.63, 3.8) is 0 Å². The third kappa shape index (κ3) is 4.81. The molecule has 262 valence electrons. The molecule has 1 saturated heterocycles. The normalized spacial score (nSPS) is 19.7. The van der Waals surface area contributed by atoms with Gasteiger partial charge in [0.05, 0.1) is 46.2 Å². The van der Waals surface area contributed by atoms with Crippen LogP contribution in [0, 0.1) is 11.3 Å². The molecule has 1 saturated carbocycles. The van der Waals surface area contributed by atoms with Gasteiger partial charge in [-0.25, -0.2) is 0 Å². The fourth-order valence-electron chi connectivity index (χ4n) is 9.34. The van der Waals surface area contributed by atoms with Gasteiger partial charge in [-0.05, 0) is 95.1 Å². The summed E-state index contributed by atoms with van der Waals surface area (Å²) < 4.78 is 30.7. The van der Waals surface area contributed by atoms with Crippen molar-refractivity contribution in [2.45, 2.75) is 43.1 Å². The van der Waals surface area contributed by atoms with Gasteiger partial charge in [0.25, 0.3) is 0 Å². The van der Waals surface area contributed by atoms with Crippen LogP contribution in [0.2, 0.25) is 0 Å². The number of ether oxygens (including phenoxy) is 5. The fourth-order valence-corrected chi connectivity index (χ4v) is 9.34. The predicted molar refractivity (Wildman–Crippen MR) is 204 cm³/mol. The van der Waals surface area contributed by atoms with Gasteiger partial charge in [-0.2, -0.15) is 5.26 Å². The van der Waals surface area contributed by atoms with Crippen LogP contribution in [-0.2, 0) is 15.8 Å². The number of rotatable bonds is 6. The van der Waals surface area contributed by atoms with E-state index >= 15 is 0 Å². The lowest BCUT2D eigenvalue weighted by Gasteiger charge is -2.41. The summed E-state index contributed by atoms with van der Waals surface area (Å²) >= 11 is 0. The number of fused-ring (bicyclic) bond motifs is 10. The molecule has 9 rings (SSSR count). The van der Waals surface area contributed by atoms with E-state index in [9.17, 15) is 5.26 Å². The number of anilines is 1. The van der Waals surface area contributed by atoms with Gasteiger partial charge in [-0.3, -0.25) is 0 Å². The molecule has 2 aliphatic heterocycles. The molecule has 7 heteroatoms. The summed E-state index contributed by atoms with van der Waals surface area (Å²) in [5, 5.41) is 12.0. The van der Waals surface area contributed by atoms with Gasteiger partial charge in [0.2, 0.25) is 0 Å². The van der Waals surface area contributed by atoms with E-state index in [1.54, 1.807) is 21.3 Å². The Balaban J connectivity index is 1.32. The summed E-state index contributed by atoms with van der Waals surface area (Å²) in [4.78, 5) is 2.37. The van der Waals surface area contributed by atoms with Crippen molar-refractivity contribution in [1.82, 2.24) is 0 Å². The Kier molecular flexibility index (Phi) is 7.89. The molecule has 0 radical (unpaired) electrons. The standard InChI is InChI=1S/C45H42N2O5/c1-48-33-14-10-31(11-15-33)45(30-8-12-32(13-9-30)47-21-23-51-24-22-47)20-17-35-42-41(36-26-39(49-2)40(50-3)27-37(36)43(35)52-45)34-16-7-29(28-46)25-38(34)44(42)18-5-4-6-19-44/h7-17,20,25-27H,4-6,18-19,21-24H2,1-3H3. The average Bonchev–Trinajstić information content (AvgIpc) is 3.49. The minimum absolute atomic E-state index is 0.227. The Morgan fingerprint density at radius 1 is 0.750 bits per heavy atom. The lowest BCUT2D eigenvalue weighted by molar-refractivity contribution is 0.122. The van der Waals surface area contributed by atoms with Crippen molar-refractivity contribution in [3.05, 3.63) is 118 Å². The highest BCUT2D eigenvalue weighted by atomic mass is 16.5. The number of hydrogen-bond donors (Lipinski definition) is 0. The first-order valence-corrected chi connectivity index (χ1v) is 18.3. The van der Waals surface area contributed by atoms with Crippen LogP contribution in [0.15, 0.2) is 84.9 Å². The van der Waals surface area contributed by atoms with Gasteiger partial charge in [-0.1, -0.05) is 55.7 Å². The molecule has 1 spiro atoms. The smallest absolute Gasteiger partial charge is 0.178 e. The molecule has 0 aromatic heterocycles. The Labute approximate surface area is 304 Å². The number of benzene rings is 5. The van der Waals surface area contributed by atoms with Gasteiger partial charge < -0.3 is 28.6 Å². The molecule has 7 nitrogen and oxygen atoms in total. The second-order valence-electron chi connectivity index (χ2n) is 14.3. The summed E-state index contributed by atoms with van der Waals surface area (Å²) in [6.45, 7) is 3.20. The molecule has 0 bridgehead atoms. The molecule has 2 aliphatic carbocycles. The van der Waals surface area contributed by atoms with E-state index in [0.29, 0.717) is 17.1 Å². The minimum atomic E-state index is -0.934. The molecule has 5 aromatic rings. The first-order chi connectivity index (χ1) is 25.5. The summed E-state index contributed by atoms with van der Waals surface area (Å²) in [7, 11) is 5.06. The monoisotopic (exact) mass is 690 g/mol. The largest absolute Gasteiger partial charge is 0.497 e. The molecule has 1 atom stereocenters. The summed E-state index contributed by atoms with van der Waals surface area (Å²) in [5.74, 6) is 2.92. The molecular formula is C45H42N2O5. The summed E-state index contributed by atoms with van der Waals surface area (Å²) in [6, 6.07) is 29.9. The van der Waals surface area contributed by atoms with E-state index < -0.39 is 5.60 Å². The lowest BCUT2D eigenvalue weighted by atomic mass is 9.66. The third-order valence-electron chi connectivity index (χ3n) is 11.9. The van der Waals surface area contributed by atoms with Crippen molar-refractivity contribution in [1.29, 1.82) is 5.26 Å². The van der Waals surface area contributed by atoms with Crippen LogP contribution in [0.5, 0.6) is 23.0 Å². The third-order valence-corrected chi connectivity index (χ3v) is 11.9. The van der Waals surface area contributed by atoms with E-state index in [4.69, 9.17) is 23.7 Å². The first-order valence-electron chi connectivity index (χ1n) is 18.3. The van der Waals surface area contributed by atoms with Crippen LogP contribution >= 0.6 is 0 Å². The number of nitrogens with zero attached hydrogens (tertiary/aromatic N) is 2. The number of morpholine rings is 1. The Morgan fingerprint density at radius 2 is 1.42 bits per heavy atom. The highest BCUT2D eigenvalue weighted by molar-refractivity contribution is 6.09. The molecule has 0 N–H and O–H groups in total. The van der Waals surface area contributed by atoms with Gasteiger partial charge in [0, 0.05) is 46.3 Å². The molecule has 5 aromatic carbocycles. The molecule has 0 amide bonds. The highest BCUT2D eigenvalue weighted by Crippen LogP contribution is 2.63.